The molecule has 118 valence electrons. The van der Waals surface area contributed by atoms with Crippen LogP contribution >= 0.6 is 0 Å². The molecule has 1 aromatic carbocycles. The van der Waals surface area contributed by atoms with Crippen LogP contribution in [0.25, 0.3) is 10.9 Å². The Morgan fingerprint density at radius 2 is 2.09 bits per heavy atom. The maximum Gasteiger partial charge on any atom is 0.297 e. The van der Waals surface area contributed by atoms with E-state index in [9.17, 15) is 14.3 Å². The number of nitrogens with one attached hydrogen (secondary N) is 1. The monoisotopic (exact) mass is 315 g/mol. The van der Waals surface area contributed by atoms with E-state index in [1.54, 1.807) is 24.4 Å². The normalized spacial score (nSPS) is 10.9. The van der Waals surface area contributed by atoms with Crippen molar-refractivity contribution in [2.75, 3.05) is 7.11 Å². The summed E-state index contributed by atoms with van der Waals surface area (Å²) in [5, 5.41) is 10.7. The average molecular weight is 315 g/mol. The molecule has 2 heterocycles. The van der Waals surface area contributed by atoms with E-state index in [0.29, 0.717) is 17.4 Å². The summed E-state index contributed by atoms with van der Waals surface area (Å²) in [6, 6.07) is 7.86. The maximum absolute atomic E-state index is 13.0. The van der Waals surface area contributed by atoms with Crippen molar-refractivity contribution in [3.63, 3.8) is 0 Å². The summed E-state index contributed by atoms with van der Waals surface area (Å²) in [5.41, 5.74) is 3.58. The Balaban J connectivity index is 1.96. The standard InChI is InChI=1S/C16H14FN3O3/c1-23-19-16(22)14-15(21)12-6-7-20(13(12)8-18-14)9-10-2-4-11(17)5-3-10/h2-8,21H,9H2,1H3,(H,19,22). The van der Waals surface area contributed by atoms with Gasteiger partial charge in [-0.2, -0.15) is 0 Å². The molecule has 0 saturated carbocycles. The summed E-state index contributed by atoms with van der Waals surface area (Å²) in [7, 11) is 1.30. The van der Waals surface area contributed by atoms with Gasteiger partial charge in [-0.05, 0) is 23.8 Å². The number of nitrogens with zero attached hydrogens (tertiary/aromatic N) is 2. The number of aromatic nitrogens is 2. The molecule has 23 heavy (non-hydrogen) atoms. The van der Waals surface area contributed by atoms with Gasteiger partial charge in [0.15, 0.2) is 11.4 Å². The van der Waals surface area contributed by atoms with Gasteiger partial charge in [-0.25, -0.2) is 14.9 Å². The molecule has 3 aromatic rings. The molecule has 0 bridgehead atoms. The Kier molecular flexibility index (Phi) is 3.94. The second kappa shape index (κ2) is 6.05. The van der Waals surface area contributed by atoms with Crippen molar-refractivity contribution < 1.29 is 19.1 Å². The first-order valence-electron chi connectivity index (χ1n) is 6.84. The molecule has 2 aromatic heterocycles. The molecule has 3 rings (SSSR count). The molecular formula is C16H14FN3O3. The van der Waals surface area contributed by atoms with Gasteiger partial charge in [0, 0.05) is 18.1 Å². The van der Waals surface area contributed by atoms with Crippen LogP contribution in [-0.2, 0) is 11.4 Å². The molecule has 1 amide bonds. The Morgan fingerprint density at radius 3 is 2.78 bits per heavy atom. The number of hydrogen-bond acceptors (Lipinski definition) is 4. The van der Waals surface area contributed by atoms with Gasteiger partial charge in [-0.3, -0.25) is 9.63 Å². The molecule has 0 aliphatic rings. The highest BCUT2D eigenvalue weighted by Gasteiger charge is 2.17. The van der Waals surface area contributed by atoms with Gasteiger partial charge in [0.25, 0.3) is 5.91 Å². The van der Waals surface area contributed by atoms with Gasteiger partial charge >= 0.3 is 0 Å². The molecule has 0 spiro atoms. The fourth-order valence-corrected chi connectivity index (χ4v) is 2.37. The lowest BCUT2D eigenvalue weighted by Gasteiger charge is -2.08. The molecule has 7 heteroatoms. The first-order chi connectivity index (χ1) is 11.1. The van der Waals surface area contributed by atoms with Crippen molar-refractivity contribution >= 4 is 16.8 Å². The molecule has 0 aliphatic carbocycles. The van der Waals surface area contributed by atoms with Crippen molar-refractivity contribution in [1.82, 2.24) is 15.0 Å². The highest BCUT2D eigenvalue weighted by atomic mass is 19.1. The van der Waals surface area contributed by atoms with Gasteiger partial charge in [0.1, 0.15) is 5.82 Å². The smallest absolute Gasteiger partial charge is 0.297 e. The fraction of sp³-hybridized carbons (Fsp3) is 0.125. The lowest BCUT2D eigenvalue weighted by atomic mass is 10.2. The summed E-state index contributed by atoms with van der Waals surface area (Å²) >= 11 is 0. The van der Waals surface area contributed by atoms with Crippen molar-refractivity contribution in [3.8, 4) is 5.75 Å². The summed E-state index contributed by atoms with van der Waals surface area (Å²) in [6.07, 6.45) is 3.27. The van der Waals surface area contributed by atoms with Crippen molar-refractivity contribution in [1.29, 1.82) is 0 Å². The predicted molar refractivity (Wildman–Crippen MR) is 81.4 cm³/mol. The topological polar surface area (TPSA) is 76.4 Å². The quantitative estimate of drug-likeness (QED) is 0.724. The molecule has 6 nitrogen and oxygen atoms in total. The number of hydroxylamine groups is 1. The highest BCUT2D eigenvalue weighted by molar-refractivity contribution is 6.00. The summed E-state index contributed by atoms with van der Waals surface area (Å²) in [6.45, 7) is 0.495. The number of fused-ring (bicyclic) bond motifs is 1. The Bertz CT molecular complexity index is 859. The number of carbonyl (C=O) groups is 1. The van der Waals surface area contributed by atoms with E-state index in [1.165, 1.54) is 25.4 Å². The number of pyridine rings is 1. The molecule has 0 atom stereocenters. The van der Waals surface area contributed by atoms with E-state index in [-0.39, 0.29) is 17.3 Å². The lowest BCUT2D eigenvalue weighted by Crippen LogP contribution is -2.23. The van der Waals surface area contributed by atoms with Crippen molar-refractivity contribution in [2.45, 2.75) is 6.54 Å². The van der Waals surface area contributed by atoms with E-state index in [2.05, 4.69) is 15.3 Å². The predicted octanol–water partition coefficient (Wildman–Crippen LogP) is 2.22. The summed E-state index contributed by atoms with van der Waals surface area (Å²) in [5.74, 6) is -1.13. The van der Waals surface area contributed by atoms with Crippen molar-refractivity contribution in [2.24, 2.45) is 0 Å². The van der Waals surface area contributed by atoms with Crippen LogP contribution in [0.3, 0.4) is 0 Å². The second-order valence-electron chi connectivity index (χ2n) is 4.96. The minimum absolute atomic E-state index is 0.112. The largest absolute Gasteiger partial charge is 0.505 e. The highest BCUT2D eigenvalue weighted by Crippen LogP contribution is 2.28. The van der Waals surface area contributed by atoms with Crippen LogP contribution < -0.4 is 5.48 Å². The third-order valence-electron chi connectivity index (χ3n) is 3.48. The van der Waals surface area contributed by atoms with Gasteiger partial charge in [0.2, 0.25) is 0 Å². The molecule has 0 radical (unpaired) electrons. The van der Waals surface area contributed by atoms with Crippen LogP contribution in [0.2, 0.25) is 0 Å². The van der Waals surface area contributed by atoms with Crippen LogP contribution in [0.1, 0.15) is 16.1 Å². The van der Waals surface area contributed by atoms with E-state index < -0.39 is 5.91 Å². The van der Waals surface area contributed by atoms with Crippen LogP contribution in [0.15, 0.2) is 42.7 Å². The average Bonchev–Trinajstić information content (AvgIpc) is 2.94. The Labute approximate surface area is 131 Å². The molecule has 0 fully saturated rings. The maximum atomic E-state index is 13.0. The van der Waals surface area contributed by atoms with Gasteiger partial charge in [-0.1, -0.05) is 12.1 Å². The molecular weight excluding hydrogens is 301 g/mol. The van der Waals surface area contributed by atoms with Crippen LogP contribution in [0.4, 0.5) is 4.39 Å². The van der Waals surface area contributed by atoms with Gasteiger partial charge < -0.3 is 9.67 Å². The van der Waals surface area contributed by atoms with Gasteiger partial charge in [0.05, 0.1) is 18.8 Å². The second-order valence-corrected chi connectivity index (χ2v) is 4.96. The van der Waals surface area contributed by atoms with Crippen LogP contribution in [-0.4, -0.2) is 27.7 Å². The number of rotatable bonds is 4. The Morgan fingerprint density at radius 1 is 1.35 bits per heavy atom. The number of hydrogen-bond donors (Lipinski definition) is 2. The number of aromatic hydroxyl groups is 1. The van der Waals surface area contributed by atoms with E-state index >= 15 is 0 Å². The third-order valence-corrected chi connectivity index (χ3v) is 3.48. The molecule has 0 saturated heterocycles. The van der Waals surface area contributed by atoms with Crippen LogP contribution in [0, 0.1) is 5.82 Å². The zero-order chi connectivity index (χ0) is 16.4. The number of halogens is 1. The number of carbonyl (C=O) groups excluding carboxylic acids is 1. The zero-order valence-corrected chi connectivity index (χ0v) is 12.3. The third kappa shape index (κ3) is 2.86. The molecule has 0 aliphatic heterocycles. The van der Waals surface area contributed by atoms with E-state index in [1.807, 2.05) is 4.57 Å². The van der Waals surface area contributed by atoms with Gasteiger partial charge in [-0.15, -0.1) is 0 Å². The lowest BCUT2D eigenvalue weighted by molar-refractivity contribution is 0.0530. The summed E-state index contributed by atoms with van der Waals surface area (Å²) < 4.78 is 14.8. The fourth-order valence-electron chi connectivity index (χ4n) is 2.37. The molecule has 2 N–H and O–H groups in total. The first kappa shape index (κ1) is 15.0. The zero-order valence-electron chi connectivity index (χ0n) is 12.3. The van der Waals surface area contributed by atoms with Crippen molar-refractivity contribution in [3.05, 3.63) is 59.8 Å². The SMILES string of the molecule is CONC(=O)c1ncc2c(ccn2Cc2ccc(F)cc2)c1O. The number of benzene rings is 1. The number of amides is 1. The minimum atomic E-state index is -0.627. The Hall–Kier alpha value is -2.93. The molecule has 0 unspecified atom stereocenters. The first-order valence-corrected chi connectivity index (χ1v) is 6.84. The van der Waals surface area contributed by atoms with E-state index in [4.69, 9.17) is 0 Å². The van der Waals surface area contributed by atoms with Crippen LogP contribution in [0.5, 0.6) is 5.75 Å². The summed E-state index contributed by atoms with van der Waals surface area (Å²) in [4.78, 5) is 20.3. The minimum Gasteiger partial charge on any atom is -0.505 e. The van der Waals surface area contributed by atoms with E-state index in [0.717, 1.165) is 5.56 Å².